The third-order valence-electron chi connectivity index (χ3n) is 6.69. The summed E-state index contributed by atoms with van der Waals surface area (Å²) in [7, 11) is 0. The Hall–Kier alpha value is -3.64. The number of hydrogen-bond acceptors (Lipinski definition) is 4. The number of allylic oxidation sites excluding steroid dienone is 2. The van der Waals surface area contributed by atoms with Gasteiger partial charge in [0.05, 0.1) is 11.8 Å². The molecule has 2 bridgehead atoms. The number of carbonyl (C=O) groups excluding carboxylic acids is 2. The molecule has 206 valence electrons. The minimum Gasteiger partial charge on any atom is -0.361 e. The Kier molecular flexibility index (Phi) is 9.77. The molecule has 2 aliphatic carbocycles. The lowest BCUT2D eigenvalue weighted by molar-refractivity contribution is -0.135. The average molecular weight is 573 g/mol. The summed E-state index contributed by atoms with van der Waals surface area (Å²) in [5, 5.41) is 18.4. The molecule has 1 fully saturated rings. The van der Waals surface area contributed by atoms with E-state index in [4.69, 9.17) is 24.4 Å². The van der Waals surface area contributed by atoms with Crippen LogP contribution in [0.2, 0.25) is 0 Å². The quantitative estimate of drug-likeness (QED) is 0.147. The van der Waals surface area contributed by atoms with Crippen molar-refractivity contribution in [2.75, 3.05) is 36.8 Å². The fourth-order valence-electron chi connectivity index (χ4n) is 4.91. The van der Waals surface area contributed by atoms with Gasteiger partial charge in [0, 0.05) is 37.6 Å². The van der Waals surface area contributed by atoms with Crippen LogP contribution in [0.15, 0.2) is 60.7 Å². The van der Waals surface area contributed by atoms with E-state index in [0.29, 0.717) is 47.8 Å². The largest absolute Gasteiger partial charge is 0.361 e. The zero-order valence-electron chi connectivity index (χ0n) is 21.0. The minimum atomic E-state index is -0.432. The molecule has 8 nitrogen and oxygen atoms in total. The SMILES string of the molecule is O=C(NCCNC(=S)Nc1ccc(F)cc1)[C@H]1[C@H](C(=O)NCCNC(=S)Nc2ccc(F)cc2)[C@H]2C=C[C@@H]1C2. The van der Waals surface area contributed by atoms with Gasteiger partial charge in [-0.25, -0.2) is 8.78 Å². The zero-order chi connectivity index (χ0) is 27.8. The van der Waals surface area contributed by atoms with E-state index in [2.05, 4.69) is 31.9 Å². The molecule has 0 heterocycles. The molecule has 2 aromatic rings. The van der Waals surface area contributed by atoms with Crippen LogP contribution < -0.4 is 31.9 Å². The van der Waals surface area contributed by atoms with Gasteiger partial charge in [-0.05, 0) is 91.2 Å². The third-order valence-corrected chi connectivity index (χ3v) is 7.18. The van der Waals surface area contributed by atoms with Crippen molar-refractivity contribution >= 4 is 57.8 Å². The first kappa shape index (κ1) is 28.4. The van der Waals surface area contributed by atoms with Crippen LogP contribution in [0.4, 0.5) is 20.2 Å². The Morgan fingerprint density at radius 2 is 1.00 bits per heavy atom. The Balaban J connectivity index is 1.17. The van der Waals surface area contributed by atoms with Crippen LogP contribution in [0.5, 0.6) is 0 Å². The number of carbonyl (C=O) groups is 2. The summed E-state index contributed by atoms with van der Waals surface area (Å²) in [6, 6.07) is 11.6. The summed E-state index contributed by atoms with van der Waals surface area (Å²) in [6.07, 6.45) is 4.84. The number of amides is 2. The fraction of sp³-hybridized carbons (Fsp3) is 0.333. The second kappa shape index (κ2) is 13.4. The molecular formula is C27H30F2N6O2S2. The lowest BCUT2D eigenvalue weighted by Crippen LogP contribution is -2.47. The summed E-state index contributed by atoms with van der Waals surface area (Å²) in [5.74, 6) is -1.78. The molecule has 0 radical (unpaired) electrons. The van der Waals surface area contributed by atoms with Crippen molar-refractivity contribution in [3.63, 3.8) is 0 Å². The maximum Gasteiger partial charge on any atom is 0.224 e. The monoisotopic (exact) mass is 572 g/mol. The van der Waals surface area contributed by atoms with E-state index >= 15 is 0 Å². The standard InChI is InChI=1S/C27H30F2N6O2S2/c28-18-3-7-20(8-4-18)34-26(38)32-13-11-30-24(36)22-16-1-2-17(15-16)23(22)25(37)31-12-14-33-27(39)35-21-9-5-19(29)6-10-21/h1-10,16-17,22-23H,11-15H2,(H,30,36)(H,31,37)(H2,32,34,38)(H2,33,35,39)/t16-,17+,22-,23-/m1/s1. The molecule has 2 aromatic carbocycles. The molecule has 12 heteroatoms. The van der Waals surface area contributed by atoms with Crippen molar-refractivity contribution in [2.45, 2.75) is 6.42 Å². The minimum absolute atomic E-state index is 0.0329. The topological polar surface area (TPSA) is 106 Å². The van der Waals surface area contributed by atoms with Gasteiger partial charge in [0.25, 0.3) is 0 Å². The number of anilines is 2. The molecule has 0 saturated heterocycles. The second-order valence-corrected chi connectivity index (χ2v) is 10.2. The fourth-order valence-corrected chi connectivity index (χ4v) is 5.35. The number of fused-ring (bicyclic) bond motifs is 2. The van der Waals surface area contributed by atoms with Gasteiger partial charge in [0.1, 0.15) is 11.6 Å². The summed E-state index contributed by atoms with van der Waals surface area (Å²) in [4.78, 5) is 26.1. The maximum atomic E-state index is 13.0. The predicted molar refractivity (Wildman–Crippen MR) is 155 cm³/mol. The van der Waals surface area contributed by atoms with Gasteiger partial charge in [-0.3, -0.25) is 9.59 Å². The Morgan fingerprint density at radius 3 is 1.38 bits per heavy atom. The number of hydrogen-bond donors (Lipinski definition) is 6. The van der Waals surface area contributed by atoms with Crippen LogP contribution in [-0.2, 0) is 9.59 Å². The van der Waals surface area contributed by atoms with Gasteiger partial charge in [0.15, 0.2) is 10.2 Å². The summed E-state index contributed by atoms with van der Waals surface area (Å²) in [5.41, 5.74) is 1.31. The number of rotatable bonds is 10. The molecule has 4 atom stereocenters. The van der Waals surface area contributed by atoms with Gasteiger partial charge in [-0.2, -0.15) is 0 Å². The molecule has 2 amide bonds. The van der Waals surface area contributed by atoms with Crippen LogP contribution in [-0.4, -0.2) is 48.2 Å². The van der Waals surface area contributed by atoms with Gasteiger partial charge in [-0.1, -0.05) is 12.2 Å². The molecule has 39 heavy (non-hydrogen) atoms. The molecule has 0 aromatic heterocycles. The predicted octanol–water partition coefficient (Wildman–Crippen LogP) is 2.91. The van der Waals surface area contributed by atoms with E-state index in [1.54, 1.807) is 24.3 Å². The number of benzene rings is 2. The zero-order valence-corrected chi connectivity index (χ0v) is 22.6. The number of nitrogens with one attached hydrogen (secondary N) is 6. The van der Waals surface area contributed by atoms with Gasteiger partial charge < -0.3 is 31.9 Å². The average Bonchev–Trinajstić information content (AvgIpc) is 3.54. The highest BCUT2D eigenvalue weighted by atomic mass is 32.1. The Morgan fingerprint density at radius 1 is 0.641 bits per heavy atom. The van der Waals surface area contributed by atoms with Gasteiger partial charge in [0.2, 0.25) is 11.8 Å². The second-order valence-electron chi connectivity index (χ2n) is 9.36. The molecule has 1 saturated carbocycles. The third kappa shape index (κ3) is 7.93. The van der Waals surface area contributed by atoms with E-state index in [-0.39, 0.29) is 35.3 Å². The Bertz CT molecular complexity index is 1130. The summed E-state index contributed by atoms with van der Waals surface area (Å²) < 4.78 is 26.1. The normalized spacial score (nSPS) is 20.7. The van der Waals surface area contributed by atoms with E-state index in [1.807, 2.05) is 12.2 Å². The smallest absolute Gasteiger partial charge is 0.224 e. The van der Waals surface area contributed by atoms with Gasteiger partial charge in [-0.15, -0.1) is 0 Å². The highest BCUT2D eigenvalue weighted by Gasteiger charge is 2.51. The molecule has 0 unspecified atom stereocenters. The van der Waals surface area contributed by atoms with Crippen LogP contribution in [0.25, 0.3) is 0 Å². The Labute approximate surface area is 236 Å². The molecule has 6 N–H and O–H groups in total. The van der Waals surface area contributed by atoms with E-state index in [1.165, 1.54) is 24.3 Å². The first-order valence-electron chi connectivity index (χ1n) is 12.6. The van der Waals surface area contributed by atoms with Crippen molar-refractivity contribution in [3.8, 4) is 0 Å². The number of halogens is 2. The highest BCUT2D eigenvalue weighted by Crippen LogP contribution is 2.48. The van der Waals surface area contributed by atoms with Crippen LogP contribution in [0.1, 0.15) is 6.42 Å². The first-order valence-corrected chi connectivity index (χ1v) is 13.5. The van der Waals surface area contributed by atoms with Crippen molar-refractivity contribution in [1.82, 2.24) is 21.3 Å². The van der Waals surface area contributed by atoms with Crippen molar-refractivity contribution in [2.24, 2.45) is 23.7 Å². The highest BCUT2D eigenvalue weighted by molar-refractivity contribution is 7.80. The summed E-state index contributed by atoms with van der Waals surface area (Å²) in [6.45, 7) is 1.45. The van der Waals surface area contributed by atoms with Crippen LogP contribution in [0.3, 0.4) is 0 Å². The summed E-state index contributed by atoms with van der Waals surface area (Å²) >= 11 is 10.5. The molecule has 4 rings (SSSR count). The molecular weight excluding hydrogens is 542 g/mol. The van der Waals surface area contributed by atoms with Crippen molar-refractivity contribution < 1.29 is 18.4 Å². The molecule has 2 aliphatic rings. The van der Waals surface area contributed by atoms with Crippen molar-refractivity contribution in [3.05, 3.63) is 72.3 Å². The molecule has 0 aliphatic heterocycles. The van der Waals surface area contributed by atoms with Crippen LogP contribution in [0, 0.1) is 35.3 Å². The van der Waals surface area contributed by atoms with E-state index in [9.17, 15) is 18.4 Å². The first-order chi connectivity index (χ1) is 18.8. The van der Waals surface area contributed by atoms with Crippen molar-refractivity contribution in [1.29, 1.82) is 0 Å². The van der Waals surface area contributed by atoms with E-state index in [0.717, 1.165) is 6.42 Å². The maximum absolute atomic E-state index is 13.0. The van der Waals surface area contributed by atoms with E-state index < -0.39 is 11.8 Å². The van der Waals surface area contributed by atoms with Crippen LogP contribution >= 0.6 is 24.4 Å². The van der Waals surface area contributed by atoms with Gasteiger partial charge >= 0.3 is 0 Å². The lowest BCUT2D eigenvalue weighted by Gasteiger charge is -2.26. The molecule has 0 spiro atoms. The lowest BCUT2D eigenvalue weighted by atomic mass is 9.81. The number of thiocarbonyl (C=S) groups is 2.